The maximum atomic E-state index is 13.6. The van der Waals surface area contributed by atoms with Crippen LogP contribution in [0, 0.1) is 11.7 Å². The van der Waals surface area contributed by atoms with E-state index in [1.807, 2.05) is 0 Å². The fourth-order valence-electron chi connectivity index (χ4n) is 1.74. The Hall–Kier alpha value is -0.640. The van der Waals surface area contributed by atoms with Crippen LogP contribution in [0.4, 0.5) is 4.39 Å². The number of hydrogen-bond donors (Lipinski definition) is 2. The summed E-state index contributed by atoms with van der Waals surface area (Å²) in [6.07, 6.45) is 2.54. The maximum Gasteiger partial charge on any atom is 0.129 e. The van der Waals surface area contributed by atoms with Crippen LogP contribution in [0.5, 0.6) is 0 Å². The predicted octanol–water partition coefficient (Wildman–Crippen LogP) is 2.48. The third kappa shape index (κ3) is 2.94. The standard InChI is InChI=1S/C12H16ClFN2/c13-9-3-4-10(11(14)5-9)12(6-15)16-7-8-1-2-8/h3-5,8,12,16H,1-2,6-7,15H2. The molecule has 1 aliphatic rings. The SMILES string of the molecule is NCC(NCC1CC1)c1ccc(Cl)cc1F. The van der Waals surface area contributed by atoms with E-state index >= 15 is 0 Å². The summed E-state index contributed by atoms with van der Waals surface area (Å²) in [6.45, 7) is 1.31. The Morgan fingerprint density at radius 1 is 1.50 bits per heavy atom. The van der Waals surface area contributed by atoms with Gasteiger partial charge in [-0.2, -0.15) is 0 Å². The second kappa shape index (κ2) is 5.13. The highest BCUT2D eigenvalue weighted by molar-refractivity contribution is 6.30. The summed E-state index contributed by atoms with van der Waals surface area (Å²) < 4.78 is 13.6. The summed E-state index contributed by atoms with van der Waals surface area (Å²) in [5.41, 5.74) is 6.26. The largest absolute Gasteiger partial charge is 0.329 e. The van der Waals surface area contributed by atoms with E-state index in [0.717, 1.165) is 12.5 Å². The molecule has 1 fully saturated rings. The Labute approximate surface area is 100.0 Å². The molecule has 1 aromatic carbocycles. The van der Waals surface area contributed by atoms with Gasteiger partial charge in [0.05, 0.1) is 0 Å². The summed E-state index contributed by atoms with van der Waals surface area (Å²) >= 11 is 5.71. The maximum absolute atomic E-state index is 13.6. The van der Waals surface area contributed by atoms with Gasteiger partial charge in [-0.15, -0.1) is 0 Å². The van der Waals surface area contributed by atoms with Crippen LogP contribution in [0.1, 0.15) is 24.4 Å². The molecular formula is C12H16ClFN2. The summed E-state index contributed by atoms with van der Waals surface area (Å²) in [7, 11) is 0. The predicted molar refractivity (Wildman–Crippen MR) is 63.9 cm³/mol. The fraction of sp³-hybridized carbons (Fsp3) is 0.500. The lowest BCUT2D eigenvalue weighted by molar-refractivity contribution is 0.494. The Kier molecular flexibility index (Phi) is 3.79. The van der Waals surface area contributed by atoms with Gasteiger partial charge in [-0.25, -0.2) is 4.39 Å². The second-order valence-electron chi connectivity index (χ2n) is 4.31. The average molecular weight is 243 g/mol. The Morgan fingerprint density at radius 3 is 2.81 bits per heavy atom. The van der Waals surface area contributed by atoms with E-state index in [9.17, 15) is 4.39 Å². The van der Waals surface area contributed by atoms with Crippen molar-refractivity contribution in [2.75, 3.05) is 13.1 Å². The van der Waals surface area contributed by atoms with Crippen LogP contribution < -0.4 is 11.1 Å². The van der Waals surface area contributed by atoms with Crippen LogP contribution in [0.25, 0.3) is 0 Å². The quantitative estimate of drug-likeness (QED) is 0.833. The first kappa shape index (κ1) is 11.8. The molecule has 3 N–H and O–H groups in total. The Morgan fingerprint density at radius 2 is 2.25 bits per heavy atom. The molecule has 4 heteroatoms. The smallest absolute Gasteiger partial charge is 0.129 e. The first-order valence-electron chi connectivity index (χ1n) is 5.59. The van der Waals surface area contributed by atoms with Crippen LogP contribution in [-0.2, 0) is 0 Å². The van der Waals surface area contributed by atoms with Gasteiger partial charge >= 0.3 is 0 Å². The van der Waals surface area contributed by atoms with Crippen LogP contribution in [-0.4, -0.2) is 13.1 Å². The van der Waals surface area contributed by atoms with Gasteiger partial charge in [0.25, 0.3) is 0 Å². The minimum absolute atomic E-state index is 0.113. The topological polar surface area (TPSA) is 38.0 Å². The van der Waals surface area contributed by atoms with Crippen LogP contribution in [0.2, 0.25) is 5.02 Å². The van der Waals surface area contributed by atoms with Crippen molar-refractivity contribution < 1.29 is 4.39 Å². The van der Waals surface area contributed by atoms with Gasteiger partial charge in [0.1, 0.15) is 5.82 Å². The number of halogens is 2. The fourth-order valence-corrected chi connectivity index (χ4v) is 1.89. The van der Waals surface area contributed by atoms with Crippen molar-refractivity contribution >= 4 is 11.6 Å². The third-order valence-corrected chi connectivity index (χ3v) is 3.16. The zero-order valence-corrected chi connectivity index (χ0v) is 9.80. The molecule has 0 saturated heterocycles. The lowest BCUT2D eigenvalue weighted by Crippen LogP contribution is -2.30. The molecule has 1 aromatic rings. The van der Waals surface area contributed by atoms with Gasteiger partial charge in [-0.1, -0.05) is 17.7 Å². The molecule has 0 amide bonds. The number of nitrogens with two attached hydrogens (primary N) is 1. The van der Waals surface area contributed by atoms with Gasteiger partial charge in [-0.05, 0) is 37.4 Å². The van der Waals surface area contributed by atoms with Gasteiger partial charge in [0.15, 0.2) is 0 Å². The molecule has 0 radical (unpaired) electrons. The minimum Gasteiger partial charge on any atom is -0.329 e. The molecule has 0 aromatic heterocycles. The zero-order chi connectivity index (χ0) is 11.5. The highest BCUT2D eigenvalue weighted by Crippen LogP contribution is 2.29. The number of benzene rings is 1. The van der Waals surface area contributed by atoms with Crippen molar-refractivity contribution in [1.29, 1.82) is 0 Å². The Bertz CT molecular complexity index is 366. The number of rotatable bonds is 5. The second-order valence-corrected chi connectivity index (χ2v) is 4.74. The molecule has 16 heavy (non-hydrogen) atoms. The summed E-state index contributed by atoms with van der Waals surface area (Å²) in [6, 6.07) is 4.62. The molecular weight excluding hydrogens is 227 g/mol. The molecule has 1 unspecified atom stereocenters. The van der Waals surface area contributed by atoms with Gasteiger partial charge in [-0.3, -0.25) is 0 Å². The molecule has 2 nitrogen and oxygen atoms in total. The van der Waals surface area contributed by atoms with E-state index in [1.54, 1.807) is 12.1 Å². The molecule has 1 saturated carbocycles. The number of hydrogen-bond acceptors (Lipinski definition) is 2. The summed E-state index contributed by atoms with van der Waals surface area (Å²) in [5.74, 6) is 0.468. The molecule has 0 spiro atoms. The van der Waals surface area contributed by atoms with Crippen molar-refractivity contribution in [3.05, 3.63) is 34.6 Å². The first-order valence-corrected chi connectivity index (χ1v) is 5.97. The monoisotopic (exact) mass is 242 g/mol. The van der Waals surface area contributed by atoms with Crippen molar-refractivity contribution in [2.24, 2.45) is 11.7 Å². The summed E-state index contributed by atoms with van der Waals surface area (Å²) in [4.78, 5) is 0. The van der Waals surface area contributed by atoms with E-state index in [2.05, 4.69) is 5.32 Å². The normalized spacial score (nSPS) is 17.4. The van der Waals surface area contributed by atoms with Gasteiger partial charge in [0.2, 0.25) is 0 Å². The third-order valence-electron chi connectivity index (χ3n) is 2.92. The Balaban J connectivity index is 2.05. The molecule has 2 rings (SSSR count). The number of nitrogens with one attached hydrogen (secondary N) is 1. The van der Waals surface area contributed by atoms with E-state index in [4.69, 9.17) is 17.3 Å². The lowest BCUT2D eigenvalue weighted by Gasteiger charge is -2.17. The lowest BCUT2D eigenvalue weighted by atomic mass is 10.1. The van der Waals surface area contributed by atoms with Gasteiger partial charge < -0.3 is 11.1 Å². The van der Waals surface area contributed by atoms with Crippen LogP contribution >= 0.6 is 11.6 Å². The van der Waals surface area contributed by atoms with Crippen LogP contribution in [0.3, 0.4) is 0 Å². The van der Waals surface area contributed by atoms with E-state index in [-0.39, 0.29) is 11.9 Å². The molecule has 1 aliphatic carbocycles. The van der Waals surface area contributed by atoms with Crippen molar-refractivity contribution in [3.8, 4) is 0 Å². The van der Waals surface area contributed by atoms with Crippen molar-refractivity contribution in [1.82, 2.24) is 5.32 Å². The molecule has 1 atom stereocenters. The van der Waals surface area contributed by atoms with E-state index < -0.39 is 0 Å². The minimum atomic E-state index is -0.286. The molecule has 88 valence electrons. The summed E-state index contributed by atoms with van der Waals surface area (Å²) in [5, 5.41) is 3.72. The van der Waals surface area contributed by atoms with E-state index in [1.165, 1.54) is 18.9 Å². The highest BCUT2D eigenvalue weighted by Gasteiger charge is 2.23. The first-order chi connectivity index (χ1) is 7.70. The van der Waals surface area contributed by atoms with Crippen LogP contribution in [0.15, 0.2) is 18.2 Å². The van der Waals surface area contributed by atoms with Crippen molar-refractivity contribution in [3.63, 3.8) is 0 Å². The molecule has 0 heterocycles. The van der Waals surface area contributed by atoms with Gasteiger partial charge in [0, 0.05) is 23.2 Å². The zero-order valence-electron chi connectivity index (χ0n) is 9.05. The van der Waals surface area contributed by atoms with E-state index in [0.29, 0.717) is 17.1 Å². The molecule has 0 aliphatic heterocycles. The molecule has 0 bridgehead atoms. The van der Waals surface area contributed by atoms with Crippen molar-refractivity contribution in [2.45, 2.75) is 18.9 Å². The highest BCUT2D eigenvalue weighted by atomic mass is 35.5. The average Bonchev–Trinajstić information content (AvgIpc) is 3.05.